The number of ether oxygens (including phenoxy) is 2. The zero-order valence-electron chi connectivity index (χ0n) is 14.0. The van der Waals surface area contributed by atoms with E-state index in [9.17, 15) is 9.18 Å². The lowest BCUT2D eigenvalue weighted by molar-refractivity contribution is -0.114. The number of nitrogens with two attached hydrogens (primary N) is 1. The van der Waals surface area contributed by atoms with Crippen LogP contribution in [0.3, 0.4) is 0 Å². The van der Waals surface area contributed by atoms with Crippen molar-refractivity contribution in [3.8, 4) is 17.6 Å². The van der Waals surface area contributed by atoms with Crippen molar-refractivity contribution in [2.45, 2.75) is 13.5 Å². The number of primary amides is 1. The first-order valence-electron chi connectivity index (χ1n) is 7.70. The third-order valence-corrected chi connectivity index (χ3v) is 3.75. The molecule has 7 heteroatoms. The van der Waals surface area contributed by atoms with Crippen molar-refractivity contribution in [2.75, 3.05) is 6.61 Å². The smallest absolute Gasteiger partial charge is 0.259 e. The lowest BCUT2D eigenvalue weighted by Crippen LogP contribution is -2.12. The van der Waals surface area contributed by atoms with Crippen LogP contribution < -0.4 is 15.2 Å². The maximum Gasteiger partial charge on any atom is 0.259 e. The SMILES string of the molecule is CCOc1cc(C=C(C#N)C(N)=O)ccc1OCc1c(F)cccc1Cl. The topological polar surface area (TPSA) is 85.3 Å². The Morgan fingerprint density at radius 1 is 1.31 bits per heavy atom. The molecule has 0 heterocycles. The highest BCUT2D eigenvalue weighted by Gasteiger charge is 2.12. The zero-order valence-corrected chi connectivity index (χ0v) is 14.7. The van der Waals surface area contributed by atoms with E-state index in [2.05, 4.69) is 0 Å². The second kappa shape index (κ2) is 8.88. The van der Waals surface area contributed by atoms with Crippen LogP contribution in [0.1, 0.15) is 18.1 Å². The van der Waals surface area contributed by atoms with Crippen LogP contribution in [-0.2, 0) is 11.4 Å². The fourth-order valence-corrected chi connectivity index (χ4v) is 2.36. The van der Waals surface area contributed by atoms with Gasteiger partial charge >= 0.3 is 0 Å². The minimum atomic E-state index is -0.819. The van der Waals surface area contributed by atoms with Gasteiger partial charge in [0.25, 0.3) is 5.91 Å². The number of carbonyl (C=O) groups is 1. The number of nitriles is 1. The minimum absolute atomic E-state index is 0.0779. The molecular formula is C19H16ClFN2O3. The van der Waals surface area contributed by atoms with Crippen LogP contribution in [0, 0.1) is 17.1 Å². The van der Waals surface area contributed by atoms with Gasteiger partial charge in [0, 0.05) is 5.56 Å². The number of carbonyl (C=O) groups excluding carboxylic acids is 1. The molecule has 0 saturated heterocycles. The molecule has 0 aliphatic rings. The van der Waals surface area contributed by atoms with E-state index in [1.54, 1.807) is 37.3 Å². The Morgan fingerprint density at radius 3 is 2.69 bits per heavy atom. The van der Waals surface area contributed by atoms with Crippen LogP contribution in [0.4, 0.5) is 4.39 Å². The van der Waals surface area contributed by atoms with Gasteiger partial charge in [0.15, 0.2) is 11.5 Å². The van der Waals surface area contributed by atoms with Gasteiger partial charge in [0.1, 0.15) is 24.1 Å². The standard InChI is InChI=1S/C19H16ClFN2O3/c1-2-25-18-9-12(8-13(10-22)19(23)24)6-7-17(18)26-11-14-15(20)4-3-5-16(14)21/h3-9H,2,11H2,1H3,(H2,23,24). The van der Waals surface area contributed by atoms with Crippen molar-refractivity contribution in [3.63, 3.8) is 0 Å². The van der Waals surface area contributed by atoms with Gasteiger partial charge in [-0.15, -0.1) is 0 Å². The molecule has 0 aromatic heterocycles. The predicted molar refractivity (Wildman–Crippen MR) is 96.1 cm³/mol. The Labute approximate surface area is 155 Å². The van der Waals surface area contributed by atoms with Crippen LogP contribution in [0.2, 0.25) is 5.02 Å². The van der Waals surface area contributed by atoms with Crippen molar-refractivity contribution in [3.05, 3.63) is 63.9 Å². The summed E-state index contributed by atoms with van der Waals surface area (Å²) in [5.74, 6) is -0.522. The van der Waals surface area contributed by atoms with E-state index in [1.165, 1.54) is 18.2 Å². The average molecular weight is 375 g/mol. The summed E-state index contributed by atoms with van der Waals surface area (Å²) >= 11 is 5.99. The molecule has 5 nitrogen and oxygen atoms in total. The first-order chi connectivity index (χ1) is 12.5. The monoisotopic (exact) mass is 374 g/mol. The van der Waals surface area contributed by atoms with Crippen LogP contribution >= 0.6 is 11.6 Å². The van der Waals surface area contributed by atoms with Crippen LogP contribution in [0.25, 0.3) is 6.08 Å². The molecule has 0 unspecified atom stereocenters. The number of hydrogen-bond donors (Lipinski definition) is 1. The Morgan fingerprint density at radius 2 is 2.08 bits per heavy atom. The van der Waals surface area contributed by atoms with E-state index in [0.29, 0.717) is 23.7 Å². The Kier molecular flexibility index (Phi) is 6.59. The van der Waals surface area contributed by atoms with Crippen molar-refractivity contribution in [2.24, 2.45) is 5.73 Å². The normalized spacial score (nSPS) is 10.9. The van der Waals surface area contributed by atoms with Gasteiger partial charge in [0.2, 0.25) is 0 Å². The molecular weight excluding hydrogens is 359 g/mol. The quantitative estimate of drug-likeness (QED) is 0.589. The third kappa shape index (κ3) is 4.74. The molecule has 2 N–H and O–H groups in total. The van der Waals surface area contributed by atoms with Crippen molar-refractivity contribution < 1.29 is 18.7 Å². The minimum Gasteiger partial charge on any atom is -0.490 e. The largest absolute Gasteiger partial charge is 0.490 e. The first kappa shape index (κ1) is 19.3. The fraction of sp³-hybridized carbons (Fsp3) is 0.158. The summed E-state index contributed by atoms with van der Waals surface area (Å²) in [7, 11) is 0. The highest BCUT2D eigenvalue weighted by Crippen LogP contribution is 2.31. The summed E-state index contributed by atoms with van der Waals surface area (Å²) in [4.78, 5) is 11.2. The van der Waals surface area contributed by atoms with Gasteiger partial charge in [-0.3, -0.25) is 4.79 Å². The maximum atomic E-state index is 13.8. The molecule has 0 atom stereocenters. The Bertz CT molecular complexity index is 871. The Balaban J connectivity index is 2.29. The third-order valence-electron chi connectivity index (χ3n) is 3.40. The van der Waals surface area contributed by atoms with E-state index < -0.39 is 11.7 Å². The molecule has 0 saturated carbocycles. The summed E-state index contributed by atoms with van der Waals surface area (Å²) in [5, 5.41) is 9.19. The number of halogens is 2. The molecule has 134 valence electrons. The molecule has 2 aromatic rings. The number of rotatable bonds is 7. The first-order valence-corrected chi connectivity index (χ1v) is 8.08. The maximum absolute atomic E-state index is 13.8. The van der Waals surface area contributed by atoms with Gasteiger partial charge in [-0.25, -0.2) is 4.39 Å². The number of hydrogen-bond acceptors (Lipinski definition) is 4. The molecule has 0 aliphatic carbocycles. The molecule has 0 bridgehead atoms. The summed E-state index contributed by atoms with van der Waals surface area (Å²) in [5.41, 5.74) is 5.73. The molecule has 0 fully saturated rings. The van der Waals surface area contributed by atoms with Crippen molar-refractivity contribution >= 4 is 23.6 Å². The van der Waals surface area contributed by atoms with Crippen molar-refractivity contribution in [1.29, 1.82) is 5.26 Å². The van der Waals surface area contributed by atoms with E-state index >= 15 is 0 Å². The van der Waals surface area contributed by atoms with Crippen LogP contribution in [0.5, 0.6) is 11.5 Å². The average Bonchev–Trinajstić information content (AvgIpc) is 2.60. The highest BCUT2D eigenvalue weighted by molar-refractivity contribution is 6.31. The fourth-order valence-electron chi connectivity index (χ4n) is 2.15. The molecule has 2 rings (SSSR count). The van der Waals surface area contributed by atoms with Gasteiger partial charge < -0.3 is 15.2 Å². The van der Waals surface area contributed by atoms with E-state index in [0.717, 1.165) is 0 Å². The zero-order chi connectivity index (χ0) is 19.1. The second-order valence-electron chi connectivity index (χ2n) is 5.16. The molecule has 2 aromatic carbocycles. The lowest BCUT2D eigenvalue weighted by Gasteiger charge is -2.13. The predicted octanol–water partition coefficient (Wildman–Crippen LogP) is 3.85. The Hall–Kier alpha value is -3.04. The highest BCUT2D eigenvalue weighted by atomic mass is 35.5. The van der Waals surface area contributed by atoms with Crippen LogP contribution in [-0.4, -0.2) is 12.5 Å². The molecule has 0 radical (unpaired) electrons. The van der Waals surface area contributed by atoms with Gasteiger partial charge in [-0.2, -0.15) is 5.26 Å². The van der Waals surface area contributed by atoms with E-state index in [-0.39, 0.29) is 22.8 Å². The van der Waals surface area contributed by atoms with Gasteiger partial charge in [0.05, 0.1) is 11.6 Å². The van der Waals surface area contributed by atoms with Crippen LogP contribution in [0.15, 0.2) is 42.0 Å². The van der Waals surface area contributed by atoms with E-state index in [4.69, 9.17) is 32.1 Å². The summed E-state index contributed by atoms with van der Waals surface area (Å²) in [6.45, 7) is 2.08. The number of benzene rings is 2. The van der Waals surface area contributed by atoms with E-state index in [1.807, 2.05) is 0 Å². The van der Waals surface area contributed by atoms with Crippen molar-refractivity contribution in [1.82, 2.24) is 0 Å². The summed E-state index contributed by atoms with van der Waals surface area (Å²) < 4.78 is 25.0. The molecule has 0 spiro atoms. The lowest BCUT2D eigenvalue weighted by atomic mass is 10.1. The summed E-state index contributed by atoms with van der Waals surface area (Å²) in [6, 6.07) is 10.9. The van der Waals surface area contributed by atoms with Gasteiger partial charge in [-0.05, 0) is 42.8 Å². The second-order valence-corrected chi connectivity index (χ2v) is 5.57. The number of amides is 1. The molecule has 26 heavy (non-hydrogen) atoms. The number of nitrogens with zero attached hydrogens (tertiary/aromatic N) is 1. The van der Waals surface area contributed by atoms with Gasteiger partial charge in [-0.1, -0.05) is 23.7 Å². The molecule has 1 amide bonds. The molecule has 0 aliphatic heterocycles. The summed E-state index contributed by atoms with van der Waals surface area (Å²) in [6.07, 6.45) is 1.35.